The lowest BCUT2D eigenvalue weighted by Gasteiger charge is -2.29. The zero-order chi connectivity index (χ0) is 22.4. The molecule has 0 atom stereocenters. The van der Waals surface area contributed by atoms with Crippen molar-refractivity contribution in [3.63, 3.8) is 0 Å². The maximum atomic E-state index is 4.90. The molecule has 0 aliphatic heterocycles. The number of rotatable bonds is 14. The molecule has 176 valence electrons. The normalized spacial score (nSPS) is 18.7. The van der Waals surface area contributed by atoms with Crippen molar-refractivity contribution in [3.05, 3.63) is 53.9 Å². The Kier molecular flexibility index (Phi) is 11.3. The van der Waals surface area contributed by atoms with E-state index in [4.69, 9.17) is 4.98 Å². The van der Waals surface area contributed by atoms with Gasteiger partial charge in [0.2, 0.25) is 0 Å². The zero-order valence-corrected chi connectivity index (χ0v) is 21.0. The summed E-state index contributed by atoms with van der Waals surface area (Å²) in [6.45, 7) is 4.59. The van der Waals surface area contributed by atoms with E-state index in [1.165, 1.54) is 125 Å². The average Bonchev–Trinajstić information content (AvgIpc) is 2.85. The van der Waals surface area contributed by atoms with Crippen molar-refractivity contribution in [2.75, 3.05) is 0 Å². The van der Waals surface area contributed by atoms with Crippen molar-refractivity contribution in [1.82, 2.24) is 4.98 Å². The van der Waals surface area contributed by atoms with Gasteiger partial charge in [0.25, 0.3) is 0 Å². The van der Waals surface area contributed by atoms with Gasteiger partial charge in [-0.2, -0.15) is 0 Å². The molecule has 32 heavy (non-hydrogen) atoms. The minimum atomic E-state index is 0.640. The van der Waals surface area contributed by atoms with E-state index in [1.807, 2.05) is 6.20 Å². The summed E-state index contributed by atoms with van der Waals surface area (Å²) in [5.74, 6) is 1.59. The van der Waals surface area contributed by atoms with E-state index in [9.17, 15) is 0 Å². The third-order valence-corrected chi connectivity index (χ3v) is 7.62. The molecule has 1 aliphatic rings. The van der Waals surface area contributed by atoms with Crippen LogP contribution < -0.4 is 0 Å². The van der Waals surface area contributed by atoms with Crippen LogP contribution in [0.4, 0.5) is 0 Å². The highest BCUT2D eigenvalue weighted by atomic mass is 14.7. The van der Waals surface area contributed by atoms with Gasteiger partial charge >= 0.3 is 0 Å². The average molecular weight is 434 g/mol. The van der Waals surface area contributed by atoms with Crippen LogP contribution in [0, 0.1) is 5.92 Å². The molecule has 1 nitrogen and oxygen atoms in total. The van der Waals surface area contributed by atoms with Gasteiger partial charge < -0.3 is 0 Å². The predicted octanol–water partition coefficient (Wildman–Crippen LogP) is 9.90. The minimum absolute atomic E-state index is 0.640. The van der Waals surface area contributed by atoms with Gasteiger partial charge in [-0.15, -0.1) is 0 Å². The third-order valence-electron chi connectivity index (χ3n) is 7.62. The molecule has 1 aromatic carbocycles. The van der Waals surface area contributed by atoms with Crippen LogP contribution in [0.15, 0.2) is 42.6 Å². The van der Waals surface area contributed by atoms with Gasteiger partial charge in [-0.25, -0.2) is 0 Å². The van der Waals surface area contributed by atoms with E-state index in [1.54, 1.807) is 0 Å². The number of benzene rings is 1. The predicted molar refractivity (Wildman–Crippen MR) is 140 cm³/mol. The summed E-state index contributed by atoms with van der Waals surface area (Å²) in [7, 11) is 0. The van der Waals surface area contributed by atoms with Crippen LogP contribution in [0.25, 0.3) is 11.1 Å². The number of hydrogen-bond donors (Lipinski definition) is 0. The highest BCUT2D eigenvalue weighted by molar-refractivity contribution is 5.66. The SMILES string of the molecule is CCCCCCCCc1ccc(-c2cccnc2C2CCC(CCCCCC)CC2)cc1. The quantitative estimate of drug-likeness (QED) is 0.270. The molecular formula is C31H47N. The van der Waals surface area contributed by atoms with Gasteiger partial charge in [-0.3, -0.25) is 4.98 Å². The molecule has 1 aromatic heterocycles. The first kappa shape index (κ1) is 25.0. The molecule has 3 rings (SSSR count). The van der Waals surface area contributed by atoms with Gasteiger partial charge in [0.1, 0.15) is 0 Å². The summed E-state index contributed by atoms with van der Waals surface area (Å²) in [5, 5.41) is 0. The van der Waals surface area contributed by atoms with Crippen LogP contribution in [-0.2, 0) is 6.42 Å². The molecule has 0 unspecified atom stereocenters. The van der Waals surface area contributed by atoms with Crippen molar-refractivity contribution in [2.45, 2.75) is 122 Å². The number of hydrogen-bond acceptors (Lipinski definition) is 1. The summed E-state index contributed by atoms with van der Waals surface area (Å²) in [6, 6.07) is 13.8. The molecule has 0 saturated heterocycles. The lowest BCUT2D eigenvalue weighted by Crippen LogP contribution is -2.15. The molecule has 1 aliphatic carbocycles. The van der Waals surface area contributed by atoms with E-state index in [0.29, 0.717) is 5.92 Å². The van der Waals surface area contributed by atoms with E-state index in [0.717, 1.165) is 5.92 Å². The fraction of sp³-hybridized carbons (Fsp3) is 0.645. The molecule has 0 amide bonds. The minimum Gasteiger partial charge on any atom is -0.260 e. The summed E-state index contributed by atoms with van der Waals surface area (Å²) >= 11 is 0. The van der Waals surface area contributed by atoms with Crippen LogP contribution in [0.5, 0.6) is 0 Å². The maximum absolute atomic E-state index is 4.90. The third kappa shape index (κ3) is 8.05. The molecule has 1 heterocycles. The summed E-state index contributed by atoms with van der Waals surface area (Å²) < 4.78 is 0. The highest BCUT2D eigenvalue weighted by Gasteiger charge is 2.25. The molecular weight excluding hydrogens is 386 g/mol. The van der Waals surface area contributed by atoms with Crippen molar-refractivity contribution in [2.24, 2.45) is 5.92 Å². The number of nitrogens with zero attached hydrogens (tertiary/aromatic N) is 1. The van der Waals surface area contributed by atoms with Gasteiger partial charge in [-0.05, 0) is 61.6 Å². The van der Waals surface area contributed by atoms with Crippen molar-refractivity contribution in [3.8, 4) is 11.1 Å². The highest BCUT2D eigenvalue weighted by Crippen LogP contribution is 2.40. The second kappa shape index (κ2) is 14.5. The molecule has 0 N–H and O–H groups in total. The van der Waals surface area contributed by atoms with Gasteiger partial charge in [0, 0.05) is 17.7 Å². The Morgan fingerprint density at radius 3 is 2.09 bits per heavy atom. The van der Waals surface area contributed by atoms with E-state index in [2.05, 4.69) is 50.2 Å². The van der Waals surface area contributed by atoms with Crippen molar-refractivity contribution < 1.29 is 0 Å². The second-order valence-electron chi connectivity index (χ2n) is 10.2. The topological polar surface area (TPSA) is 12.9 Å². The summed E-state index contributed by atoms with van der Waals surface area (Å²) in [5.41, 5.74) is 5.55. The van der Waals surface area contributed by atoms with E-state index < -0.39 is 0 Å². The lowest BCUT2D eigenvalue weighted by atomic mass is 9.77. The lowest BCUT2D eigenvalue weighted by molar-refractivity contribution is 0.300. The Morgan fingerprint density at radius 1 is 0.719 bits per heavy atom. The van der Waals surface area contributed by atoms with Crippen LogP contribution in [0.2, 0.25) is 0 Å². The fourth-order valence-electron chi connectivity index (χ4n) is 5.53. The van der Waals surface area contributed by atoms with Crippen molar-refractivity contribution >= 4 is 0 Å². The maximum Gasteiger partial charge on any atom is 0.0512 e. The Morgan fingerprint density at radius 2 is 1.38 bits per heavy atom. The Hall–Kier alpha value is -1.63. The van der Waals surface area contributed by atoms with Gasteiger partial charge in [-0.1, -0.05) is 108 Å². The van der Waals surface area contributed by atoms with E-state index >= 15 is 0 Å². The monoisotopic (exact) mass is 433 g/mol. The number of unbranched alkanes of at least 4 members (excludes halogenated alkanes) is 8. The number of aromatic nitrogens is 1. The van der Waals surface area contributed by atoms with Crippen LogP contribution in [0.1, 0.15) is 127 Å². The number of pyridine rings is 1. The van der Waals surface area contributed by atoms with Gasteiger partial charge in [0.15, 0.2) is 0 Å². The number of aryl methyl sites for hydroxylation is 1. The van der Waals surface area contributed by atoms with Crippen molar-refractivity contribution in [1.29, 1.82) is 0 Å². The zero-order valence-electron chi connectivity index (χ0n) is 21.0. The summed E-state index contributed by atoms with van der Waals surface area (Å²) in [6.07, 6.45) is 23.9. The summed E-state index contributed by atoms with van der Waals surface area (Å²) in [4.78, 5) is 4.90. The van der Waals surface area contributed by atoms with E-state index in [-0.39, 0.29) is 0 Å². The Bertz CT molecular complexity index is 739. The fourth-order valence-corrected chi connectivity index (χ4v) is 5.53. The Balaban J connectivity index is 1.52. The molecule has 1 heteroatoms. The molecule has 0 bridgehead atoms. The molecule has 0 spiro atoms. The molecule has 2 aromatic rings. The van der Waals surface area contributed by atoms with Crippen LogP contribution in [0.3, 0.4) is 0 Å². The first-order chi connectivity index (χ1) is 15.8. The first-order valence-corrected chi connectivity index (χ1v) is 13.9. The largest absolute Gasteiger partial charge is 0.260 e. The molecule has 0 radical (unpaired) electrons. The molecule has 1 fully saturated rings. The second-order valence-corrected chi connectivity index (χ2v) is 10.2. The van der Waals surface area contributed by atoms with Crippen LogP contribution >= 0.6 is 0 Å². The first-order valence-electron chi connectivity index (χ1n) is 13.9. The Labute approximate surface area is 198 Å². The van der Waals surface area contributed by atoms with Gasteiger partial charge in [0.05, 0.1) is 5.69 Å². The molecule has 1 saturated carbocycles. The standard InChI is InChI=1S/C31H47N/c1-3-5-7-9-10-12-15-26-17-21-28(22-18-26)30-16-13-25-32-31(30)29-23-19-27(20-24-29)14-11-8-6-4-2/h13,16-18,21-22,25,27,29H,3-12,14-15,19-20,23-24H2,1-2H3. The van der Waals surface area contributed by atoms with Crippen LogP contribution in [-0.4, -0.2) is 4.98 Å². The smallest absolute Gasteiger partial charge is 0.0512 e.